The maximum absolute atomic E-state index is 13.1. The van der Waals surface area contributed by atoms with Gasteiger partial charge in [0.25, 0.3) is 5.91 Å². The largest absolute Gasteiger partial charge is 0.452 e. The lowest BCUT2D eigenvalue weighted by Gasteiger charge is -2.19. The van der Waals surface area contributed by atoms with E-state index in [1.54, 1.807) is 24.3 Å². The summed E-state index contributed by atoms with van der Waals surface area (Å²) in [5.74, 6) is -1.48. The molecule has 4 atom stereocenters. The molecule has 2 saturated carbocycles. The van der Waals surface area contributed by atoms with Crippen molar-refractivity contribution in [2.75, 3.05) is 16.8 Å². The Morgan fingerprint density at radius 3 is 2.47 bits per heavy atom. The van der Waals surface area contributed by atoms with Crippen LogP contribution in [-0.4, -0.2) is 30.3 Å². The second-order valence-corrected chi connectivity index (χ2v) is 10.4. The summed E-state index contributed by atoms with van der Waals surface area (Å²) in [7, 11) is 0. The van der Waals surface area contributed by atoms with Gasteiger partial charge in [-0.3, -0.25) is 19.3 Å². The number of ether oxygens (including phenoxy) is 1. The number of fused-ring (bicyclic) bond motifs is 5. The molecule has 2 aliphatic carbocycles. The van der Waals surface area contributed by atoms with Crippen molar-refractivity contribution in [3.63, 3.8) is 0 Å². The second-order valence-electron chi connectivity index (χ2n) is 9.15. The molecular weight excluding hydrogens is 524 g/mol. The minimum Gasteiger partial charge on any atom is -0.452 e. The fourth-order valence-electron chi connectivity index (χ4n) is 5.62. The molecule has 2 aromatic carbocycles. The Labute approximate surface area is 209 Å². The number of nitrogens with zero attached hydrogens (tertiary/aromatic N) is 1. The van der Waals surface area contributed by atoms with E-state index in [2.05, 4.69) is 21.2 Å². The number of imide groups is 1. The van der Waals surface area contributed by atoms with E-state index in [1.807, 2.05) is 6.92 Å². The maximum atomic E-state index is 13.1. The Balaban J connectivity index is 1.25. The molecule has 5 rings (SSSR count). The van der Waals surface area contributed by atoms with Crippen molar-refractivity contribution in [3.8, 4) is 0 Å². The smallest absolute Gasteiger partial charge is 0.338 e. The van der Waals surface area contributed by atoms with Crippen molar-refractivity contribution >= 4 is 62.6 Å². The molecule has 0 aromatic heterocycles. The highest BCUT2D eigenvalue weighted by molar-refractivity contribution is 9.10. The molecule has 3 amide bonds. The number of hydrogen-bond acceptors (Lipinski definition) is 5. The van der Waals surface area contributed by atoms with Crippen LogP contribution in [0.15, 0.2) is 40.9 Å². The summed E-state index contributed by atoms with van der Waals surface area (Å²) >= 11 is 9.40. The summed E-state index contributed by atoms with van der Waals surface area (Å²) in [6.07, 6.45) is 2.96. The molecular formula is C25H22BrClN2O5. The van der Waals surface area contributed by atoms with Gasteiger partial charge in [-0.05, 0) is 89.8 Å². The minimum absolute atomic E-state index is 0.161. The van der Waals surface area contributed by atoms with Gasteiger partial charge < -0.3 is 10.1 Å². The third kappa shape index (κ3) is 3.92. The van der Waals surface area contributed by atoms with Crippen LogP contribution in [0, 0.1) is 30.6 Å². The number of anilines is 2. The van der Waals surface area contributed by atoms with Gasteiger partial charge in [-0.2, -0.15) is 0 Å². The Morgan fingerprint density at radius 2 is 1.79 bits per heavy atom. The molecule has 0 radical (unpaired) electrons. The molecule has 9 heteroatoms. The van der Waals surface area contributed by atoms with E-state index in [-0.39, 0.29) is 41.0 Å². The number of carbonyl (C=O) groups excluding carboxylic acids is 4. The lowest BCUT2D eigenvalue weighted by atomic mass is 9.81. The van der Waals surface area contributed by atoms with Gasteiger partial charge in [0, 0.05) is 10.2 Å². The number of esters is 1. The van der Waals surface area contributed by atoms with Crippen LogP contribution in [0.3, 0.4) is 0 Å². The molecule has 0 unspecified atom stereocenters. The van der Waals surface area contributed by atoms with E-state index in [0.29, 0.717) is 20.9 Å². The summed E-state index contributed by atoms with van der Waals surface area (Å²) < 4.78 is 5.87. The fourth-order valence-corrected chi connectivity index (χ4v) is 6.24. The van der Waals surface area contributed by atoms with Crippen LogP contribution in [0.5, 0.6) is 0 Å². The topological polar surface area (TPSA) is 92.8 Å². The summed E-state index contributed by atoms with van der Waals surface area (Å²) in [5, 5.41) is 3.11. The van der Waals surface area contributed by atoms with Crippen molar-refractivity contribution < 1.29 is 23.9 Å². The molecule has 0 spiro atoms. The van der Waals surface area contributed by atoms with Crippen LogP contribution in [0.25, 0.3) is 0 Å². The molecule has 2 bridgehead atoms. The van der Waals surface area contributed by atoms with Gasteiger partial charge >= 0.3 is 5.97 Å². The zero-order valence-electron chi connectivity index (χ0n) is 18.3. The van der Waals surface area contributed by atoms with Crippen LogP contribution in [-0.2, 0) is 19.1 Å². The standard InChI is InChI=1S/C25H22BrClN2O5/c1-12-7-17(26)18(27)10-19(12)28-20(30)11-34-25(33)15-3-2-4-16(9-15)29-23(31)21-13-5-6-14(8-13)22(21)24(29)32/h2-4,7,9-10,13-14,21-22H,5-6,8,11H2,1H3,(H,28,30)/t13-,14-,21-,22-/m0/s1. The fraction of sp³-hybridized carbons (Fsp3) is 0.360. The van der Waals surface area contributed by atoms with Crippen molar-refractivity contribution in [2.45, 2.75) is 26.2 Å². The first kappa shape index (κ1) is 23.1. The number of amides is 3. The number of halogens is 2. The number of rotatable bonds is 5. The number of hydrogen-bond donors (Lipinski definition) is 1. The van der Waals surface area contributed by atoms with E-state index in [9.17, 15) is 19.2 Å². The van der Waals surface area contributed by atoms with E-state index < -0.39 is 18.5 Å². The monoisotopic (exact) mass is 544 g/mol. The molecule has 3 aliphatic rings. The predicted molar refractivity (Wildman–Crippen MR) is 130 cm³/mol. The number of aryl methyl sites for hydroxylation is 1. The zero-order valence-corrected chi connectivity index (χ0v) is 20.7. The van der Waals surface area contributed by atoms with E-state index in [0.717, 1.165) is 24.8 Å². The minimum atomic E-state index is -0.720. The van der Waals surface area contributed by atoms with Gasteiger partial charge in [-0.25, -0.2) is 4.79 Å². The van der Waals surface area contributed by atoms with Gasteiger partial charge in [-0.15, -0.1) is 0 Å². The average Bonchev–Trinajstić information content (AvgIpc) is 3.49. The van der Waals surface area contributed by atoms with Crippen molar-refractivity contribution in [1.29, 1.82) is 0 Å². The van der Waals surface area contributed by atoms with Crippen LogP contribution in [0.4, 0.5) is 11.4 Å². The maximum Gasteiger partial charge on any atom is 0.338 e. The molecule has 1 saturated heterocycles. The molecule has 34 heavy (non-hydrogen) atoms. The number of carbonyl (C=O) groups is 4. The van der Waals surface area contributed by atoms with Crippen LogP contribution >= 0.6 is 27.5 Å². The van der Waals surface area contributed by atoms with Crippen LogP contribution in [0.1, 0.15) is 35.2 Å². The third-order valence-electron chi connectivity index (χ3n) is 7.14. The van der Waals surface area contributed by atoms with Crippen molar-refractivity contribution in [2.24, 2.45) is 23.7 Å². The lowest BCUT2D eigenvalue weighted by molar-refractivity contribution is -0.123. The Bertz CT molecular complexity index is 1200. The highest BCUT2D eigenvalue weighted by Gasteiger charge is 2.61. The van der Waals surface area contributed by atoms with Gasteiger partial charge in [0.15, 0.2) is 6.61 Å². The highest BCUT2D eigenvalue weighted by Crippen LogP contribution is 2.56. The van der Waals surface area contributed by atoms with Gasteiger partial charge in [0.2, 0.25) is 11.8 Å². The summed E-state index contributed by atoms with van der Waals surface area (Å²) in [4.78, 5) is 52.2. The third-order valence-corrected chi connectivity index (χ3v) is 8.34. The quantitative estimate of drug-likeness (QED) is 0.433. The summed E-state index contributed by atoms with van der Waals surface area (Å²) in [6, 6.07) is 9.62. The second kappa shape index (κ2) is 8.82. The normalized spacial score (nSPS) is 25.0. The molecule has 176 valence electrons. The van der Waals surface area contributed by atoms with Gasteiger partial charge in [0.05, 0.1) is 28.1 Å². The van der Waals surface area contributed by atoms with Crippen LogP contribution < -0.4 is 10.2 Å². The Hall–Kier alpha value is -2.71. The molecule has 3 fully saturated rings. The molecule has 1 heterocycles. The number of nitrogens with one attached hydrogen (secondary N) is 1. The first-order valence-electron chi connectivity index (χ1n) is 11.1. The molecule has 2 aromatic rings. The highest BCUT2D eigenvalue weighted by atomic mass is 79.9. The van der Waals surface area contributed by atoms with Crippen molar-refractivity contribution in [1.82, 2.24) is 0 Å². The lowest BCUT2D eigenvalue weighted by Crippen LogP contribution is -2.32. The average molecular weight is 546 g/mol. The van der Waals surface area contributed by atoms with E-state index >= 15 is 0 Å². The van der Waals surface area contributed by atoms with Crippen LogP contribution in [0.2, 0.25) is 5.02 Å². The van der Waals surface area contributed by atoms with E-state index in [4.69, 9.17) is 16.3 Å². The molecule has 7 nitrogen and oxygen atoms in total. The Kier molecular flexibility index (Phi) is 5.98. The predicted octanol–water partition coefficient (Wildman–Crippen LogP) is 4.74. The zero-order chi connectivity index (χ0) is 24.1. The SMILES string of the molecule is Cc1cc(Br)c(Cl)cc1NC(=O)COC(=O)c1cccc(N2C(=O)[C@H]3[C@H]4CC[C@@H](C4)[C@@H]3C2=O)c1. The first-order chi connectivity index (χ1) is 16.2. The van der Waals surface area contributed by atoms with E-state index in [1.165, 1.54) is 17.0 Å². The molecule has 1 N–H and O–H groups in total. The van der Waals surface area contributed by atoms with Crippen molar-refractivity contribution in [3.05, 3.63) is 57.0 Å². The Morgan fingerprint density at radius 1 is 1.12 bits per heavy atom. The summed E-state index contributed by atoms with van der Waals surface area (Å²) in [5.41, 5.74) is 1.83. The van der Waals surface area contributed by atoms with Gasteiger partial charge in [-0.1, -0.05) is 17.7 Å². The van der Waals surface area contributed by atoms with Gasteiger partial charge in [0.1, 0.15) is 0 Å². The number of benzene rings is 2. The molecule has 1 aliphatic heterocycles. The summed E-state index contributed by atoms with van der Waals surface area (Å²) in [6.45, 7) is 1.32. The first-order valence-corrected chi connectivity index (χ1v) is 12.3.